The number of rotatable bonds is 1. The van der Waals surface area contributed by atoms with Crippen LogP contribution in [0, 0.1) is 17.1 Å². The Bertz CT molecular complexity index is 739. The number of hydrogen-bond donors (Lipinski definition) is 2. The lowest BCUT2D eigenvalue weighted by Crippen LogP contribution is -2.27. The molecule has 1 aromatic carbocycles. The van der Waals surface area contributed by atoms with Crippen molar-refractivity contribution in [2.24, 2.45) is 5.73 Å². The Morgan fingerprint density at radius 2 is 2.30 bits per heavy atom. The van der Waals surface area contributed by atoms with Crippen molar-refractivity contribution in [3.05, 3.63) is 46.5 Å². The quantitative estimate of drug-likeness (QED) is 0.836. The molecule has 0 spiro atoms. The minimum Gasteiger partial charge on any atom is -0.383 e. The first kappa shape index (κ1) is 12.4. The second kappa shape index (κ2) is 4.51. The van der Waals surface area contributed by atoms with Crippen molar-refractivity contribution in [1.29, 1.82) is 5.26 Å². The lowest BCUT2D eigenvalue weighted by atomic mass is 9.97. The molecule has 0 aliphatic carbocycles. The van der Waals surface area contributed by atoms with Crippen LogP contribution in [-0.4, -0.2) is 14.8 Å². The highest BCUT2D eigenvalue weighted by molar-refractivity contribution is 6.31. The highest BCUT2D eigenvalue weighted by atomic mass is 35.5. The zero-order valence-electron chi connectivity index (χ0n) is 10.0. The first-order valence-corrected chi connectivity index (χ1v) is 6.02. The van der Waals surface area contributed by atoms with E-state index in [-0.39, 0.29) is 22.0 Å². The Hall–Kier alpha value is -2.59. The molecule has 1 aliphatic heterocycles. The molecule has 2 aromatic rings. The molecular formula is C12H8ClFN6. The Morgan fingerprint density at radius 3 is 3.00 bits per heavy atom. The van der Waals surface area contributed by atoms with Gasteiger partial charge in [0.15, 0.2) is 0 Å². The minimum atomic E-state index is -0.801. The summed E-state index contributed by atoms with van der Waals surface area (Å²) >= 11 is 6.04. The molecule has 3 N–H and O–H groups in total. The molecule has 6 nitrogen and oxygen atoms in total. The van der Waals surface area contributed by atoms with E-state index in [1.165, 1.54) is 23.1 Å². The molecule has 1 aliphatic rings. The number of nitriles is 1. The van der Waals surface area contributed by atoms with Crippen molar-refractivity contribution in [3.8, 4) is 6.07 Å². The van der Waals surface area contributed by atoms with Gasteiger partial charge in [0, 0.05) is 10.6 Å². The Kier molecular flexibility index (Phi) is 2.80. The van der Waals surface area contributed by atoms with Crippen LogP contribution < -0.4 is 11.1 Å². The van der Waals surface area contributed by atoms with Gasteiger partial charge in [-0.1, -0.05) is 17.7 Å². The van der Waals surface area contributed by atoms with Crippen molar-refractivity contribution in [2.75, 3.05) is 5.32 Å². The smallest absolute Gasteiger partial charge is 0.228 e. The first-order chi connectivity index (χ1) is 9.63. The van der Waals surface area contributed by atoms with Crippen LogP contribution in [0.5, 0.6) is 0 Å². The summed E-state index contributed by atoms with van der Waals surface area (Å²) in [6.45, 7) is 0. The SMILES string of the molecule is N#CC1=C(N)n2ncnc2N[C@H]1c1c(F)cccc1Cl. The van der Waals surface area contributed by atoms with E-state index in [1.54, 1.807) is 6.07 Å². The van der Waals surface area contributed by atoms with Crippen LogP contribution in [0.15, 0.2) is 30.1 Å². The van der Waals surface area contributed by atoms with E-state index in [9.17, 15) is 9.65 Å². The van der Waals surface area contributed by atoms with E-state index >= 15 is 0 Å². The third-order valence-electron chi connectivity index (χ3n) is 3.02. The molecule has 0 saturated heterocycles. The maximum Gasteiger partial charge on any atom is 0.228 e. The number of nitrogens with zero attached hydrogens (tertiary/aromatic N) is 4. The summed E-state index contributed by atoms with van der Waals surface area (Å²) in [6, 6.07) is 5.48. The van der Waals surface area contributed by atoms with E-state index in [0.717, 1.165) is 0 Å². The summed E-state index contributed by atoms with van der Waals surface area (Å²) in [5.74, 6) is -0.0996. The molecule has 20 heavy (non-hydrogen) atoms. The molecule has 0 fully saturated rings. The van der Waals surface area contributed by atoms with Crippen LogP contribution in [0.25, 0.3) is 5.82 Å². The molecule has 0 unspecified atom stereocenters. The van der Waals surface area contributed by atoms with E-state index < -0.39 is 11.9 Å². The summed E-state index contributed by atoms with van der Waals surface area (Å²) in [4.78, 5) is 3.96. The molecule has 2 heterocycles. The average molecular weight is 291 g/mol. The highest BCUT2D eigenvalue weighted by Gasteiger charge is 2.31. The summed E-state index contributed by atoms with van der Waals surface area (Å²) in [7, 11) is 0. The van der Waals surface area contributed by atoms with Gasteiger partial charge in [0.1, 0.15) is 24.0 Å². The van der Waals surface area contributed by atoms with Crippen molar-refractivity contribution in [2.45, 2.75) is 6.04 Å². The molecule has 100 valence electrons. The summed E-state index contributed by atoms with van der Waals surface area (Å²) in [6.07, 6.45) is 1.29. The van der Waals surface area contributed by atoms with Gasteiger partial charge in [-0.05, 0) is 12.1 Å². The monoisotopic (exact) mass is 290 g/mol. The molecule has 3 rings (SSSR count). The number of nitrogens with one attached hydrogen (secondary N) is 1. The fraction of sp³-hybridized carbons (Fsp3) is 0.0833. The lowest BCUT2D eigenvalue weighted by molar-refractivity contribution is 0.602. The van der Waals surface area contributed by atoms with Crippen molar-refractivity contribution >= 4 is 23.4 Å². The maximum atomic E-state index is 14.0. The van der Waals surface area contributed by atoms with Gasteiger partial charge in [-0.25, -0.2) is 4.39 Å². The molecule has 0 saturated carbocycles. The van der Waals surface area contributed by atoms with Gasteiger partial charge in [-0.3, -0.25) is 0 Å². The van der Waals surface area contributed by atoms with Crippen LogP contribution in [-0.2, 0) is 0 Å². The maximum absolute atomic E-state index is 14.0. The van der Waals surface area contributed by atoms with Crippen LogP contribution in [0.1, 0.15) is 11.6 Å². The van der Waals surface area contributed by atoms with E-state index in [0.29, 0.717) is 5.95 Å². The van der Waals surface area contributed by atoms with Crippen LogP contribution in [0.4, 0.5) is 10.3 Å². The van der Waals surface area contributed by atoms with E-state index in [2.05, 4.69) is 15.4 Å². The zero-order chi connectivity index (χ0) is 14.3. The fourth-order valence-electron chi connectivity index (χ4n) is 2.10. The lowest BCUT2D eigenvalue weighted by Gasteiger charge is -2.26. The number of benzene rings is 1. The van der Waals surface area contributed by atoms with Crippen LogP contribution in [0.3, 0.4) is 0 Å². The zero-order valence-corrected chi connectivity index (χ0v) is 10.8. The van der Waals surface area contributed by atoms with E-state index in [1.807, 2.05) is 6.07 Å². The van der Waals surface area contributed by atoms with Crippen molar-refractivity contribution < 1.29 is 4.39 Å². The molecular weight excluding hydrogens is 283 g/mol. The number of fused-ring (bicyclic) bond motifs is 1. The molecule has 1 atom stereocenters. The number of hydrogen-bond acceptors (Lipinski definition) is 5. The largest absolute Gasteiger partial charge is 0.383 e. The summed E-state index contributed by atoms with van der Waals surface area (Å²) in [5, 5.41) is 16.3. The predicted molar refractivity (Wildman–Crippen MR) is 70.8 cm³/mol. The third kappa shape index (κ3) is 1.70. The average Bonchev–Trinajstić information content (AvgIpc) is 2.87. The van der Waals surface area contributed by atoms with Crippen molar-refractivity contribution in [3.63, 3.8) is 0 Å². The Balaban J connectivity index is 2.21. The normalized spacial score (nSPS) is 17.4. The number of aromatic nitrogens is 3. The molecule has 1 aromatic heterocycles. The second-order valence-corrected chi connectivity index (χ2v) is 4.53. The van der Waals surface area contributed by atoms with Crippen LogP contribution >= 0.6 is 11.6 Å². The molecule has 8 heteroatoms. The van der Waals surface area contributed by atoms with E-state index in [4.69, 9.17) is 17.3 Å². The standard InChI is InChI=1S/C12H8ClFN6/c13-7-2-1-3-8(14)9(7)10-6(4-15)11(16)20-12(19-10)17-5-18-20/h1-3,5,10H,16H2,(H,17,18,19)/t10-/m1/s1. The minimum absolute atomic E-state index is 0.100. The predicted octanol–water partition coefficient (Wildman–Crippen LogP) is 1.89. The Morgan fingerprint density at radius 1 is 1.50 bits per heavy atom. The Labute approximate surface area is 118 Å². The van der Waals surface area contributed by atoms with Gasteiger partial charge in [0.25, 0.3) is 0 Å². The van der Waals surface area contributed by atoms with Gasteiger partial charge >= 0.3 is 0 Å². The van der Waals surface area contributed by atoms with Crippen LogP contribution in [0.2, 0.25) is 5.02 Å². The van der Waals surface area contributed by atoms with Gasteiger partial charge in [-0.15, -0.1) is 0 Å². The van der Waals surface area contributed by atoms with Gasteiger partial charge < -0.3 is 11.1 Å². The second-order valence-electron chi connectivity index (χ2n) is 4.12. The fourth-order valence-corrected chi connectivity index (χ4v) is 2.38. The molecule has 0 bridgehead atoms. The first-order valence-electron chi connectivity index (χ1n) is 5.64. The summed E-state index contributed by atoms with van der Waals surface area (Å²) < 4.78 is 15.3. The molecule has 0 amide bonds. The molecule has 0 radical (unpaired) electrons. The van der Waals surface area contributed by atoms with Gasteiger partial charge in [0.05, 0.1) is 11.6 Å². The van der Waals surface area contributed by atoms with Gasteiger partial charge in [0.2, 0.25) is 5.95 Å². The third-order valence-corrected chi connectivity index (χ3v) is 3.35. The number of nitrogens with two attached hydrogens (primary N) is 1. The number of halogens is 2. The highest BCUT2D eigenvalue weighted by Crippen LogP contribution is 2.36. The van der Waals surface area contributed by atoms with Gasteiger partial charge in [-0.2, -0.15) is 20.0 Å². The topological polar surface area (TPSA) is 92.5 Å². The number of anilines is 1. The van der Waals surface area contributed by atoms with Crippen molar-refractivity contribution in [1.82, 2.24) is 14.8 Å². The summed E-state index contributed by atoms with van der Waals surface area (Å²) in [5.41, 5.74) is 6.18.